The molecule has 2 aromatic rings. The average molecular weight is 367 g/mol. The summed E-state index contributed by atoms with van der Waals surface area (Å²) in [7, 11) is 1.28. The molecule has 0 aliphatic carbocycles. The van der Waals surface area contributed by atoms with Crippen molar-refractivity contribution in [1.29, 1.82) is 0 Å². The molecule has 7 heteroatoms. The summed E-state index contributed by atoms with van der Waals surface area (Å²) in [5.74, 6) is -0.504. The van der Waals surface area contributed by atoms with Crippen molar-refractivity contribution in [2.24, 2.45) is 0 Å². The van der Waals surface area contributed by atoms with Gasteiger partial charge in [0, 0.05) is 12.2 Å². The van der Waals surface area contributed by atoms with E-state index in [0.29, 0.717) is 15.7 Å². The summed E-state index contributed by atoms with van der Waals surface area (Å²) in [4.78, 5) is 25.4. The number of hydrogen-bond acceptors (Lipinski definition) is 3. The zero-order valence-corrected chi connectivity index (χ0v) is 14.5. The molecule has 0 bridgehead atoms. The molecule has 0 fully saturated rings. The van der Waals surface area contributed by atoms with Crippen LogP contribution in [0.15, 0.2) is 48.5 Å². The van der Waals surface area contributed by atoms with Crippen molar-refractivity contribution >= 4 is 40.9 Å². The molecular weight excluding hydrogens is 351 g/mol. The third-order valence-electron chi connectivity index (χ3n) is 3.22. The van der Waals surface area contributed by atoms with E-state index >= 15 is 0 Å². The lowest BCUT2D eigenvalue weighted by atomic mass is 10.2. The van der Waals surface area contributed by atoms with E-state index in [1.165, 1.54) is 12.0 Å². The summed E-state index contributed by atoms with van der Waals surface area (Å²) in [6.07, 6.45) is 0. The summed E-state index contributed by atoms with van der Waals surface area (Å²) in [6.45, 7) is 0.0989. The fourth-order valence-electron chi connectivity index (χ4n) is 2.00. The topological polar surface area (TPSA) is 58.6 Å². The van der Waals surface area contributed by atoms with E-state index in [-0.39, 0.29) is 13.1 Å². The zero-order valence-electron chi connectivity index (χ0n) is 13.0. The highest BCUT2D eigenvalue weighted by atomic mass is 35.5. The van der Waals surface area contributed by atoms with Crippen LogP contribution >= 0.6 is 23.2 Å². The molecule has 1 N–H and O–H groups in total. The van der Waals surface area contributed by atoms with Crippen molar-refractivity contribution in [3.8, 4) is 0 Å². The number of esters is 1. The number of halogens is 2. The van der Waals surface area contributed by atoms with E-state index in [0.717, 1.165) is 5.56 Å². The van der Waals surface area contributed by atoms with E-state index in [1.807, 2.05) is 30.3 Å². The van der Waals surface area contributed by atoms with Gasteiger partial charge in [-0.2, -0.15) is 0 Å². The Hall–Kier alpha value is -2.24. The fraction of sp³-hybridized carbons (Fsp3) is 0.176. The highest BCUT2D eigenvalue weighted by molar-refractivity contribution is 6.42. The van der Waals surface area contributed by atoms with E-state index in [4.69, 9.17) is 23.2 Å². The number of anilines is 1. The van der Waals surface area contributed by atoms with Crippen molar-refractivity contribution in [1.82, 2.24) is 4.90 Å². The first-order valence-electron chi connectivity index (χ1n) is 7.11. The second-order valence-corrected chi connectivity index (χ2v) is 5.79. The molecule has 2 rings (SSSR count). The van der Waals surface area contributed by atoms with Crippen LogP contribution in [0, 0.1) is 0 Å². The van der Waals surface area contributed by atoms with Crippen molar-refractivity contribution in [3.63, 3.8) is 0 Å². The summed E-state index contributed by atoms with van der Waals surface area (Å²) in [5.41, 5.74) is 1.38. The molecule has 0 spiro atoms. The normalized spacial score (nSPS) is 10.1. The Kier molecular flexibility index (Phi) is 6.46. The monoisotopic (exact) mass is 366 g/mol. The summed E-state index contributed by atoms with van der Waals surface area (Å²) >= 11 is 11.8. The molecule has 0 unspecified atom stereocenters. The predicted octanol–water partition coefficient (Wildman–Crippen LogP) is 4.20. The Morgan fingerprint density at radius 3 is 2.42 bits per heavy atom. The van der Waals surface area contributed by atoms with Gasteiger partial charge in [0.25, 0.3) is 0 Å². The van der Waals surface area contributed by atoms with Crippen LogP contribution in [0.25, 0.3) is 0 Å². The Bertz CT molecular complexity index is 723. The van der Waals surface area contributed by atoms with Crippen LogP contribution in [-0.4, -0.2) is 30.6 Å². The molecule has 24 heavy (non-hydrogen) atoms. The molecule has 2 amide bonds. The minimum Gasteiger partial charge on any atom is -0.468 e. The maximum Gasteiger partial charge on any atom is 0.325 e. The van der Waals surface area contributed by atoms with Gasteiger partial charge in [0.15, 0.2) is 0 Å². The zero-order chi connectivity index (χ0) is 17.5. The van der Waals surface area contributed by atoms with Crippen LogP contribution in [0.1, 0.15) is 5.56 Å². The number of nitrogens with zero attached hydrogens (tertiary/aromatic N) is 1. The Morgan fingerprint density at radius 1 is 1.08 bits per heavy atom. The first kappa shape index (κ1) is 18.1. The highest BCUT2D eigenvalue weighted by Gasteiger charge is 2.18. The number of methoxy groups -OCH3 is 1. The highest BCUT2D eigenvalue weighted by Crippen LogP contribution is 2.25. The molecule has 0 aliphatic rings. The maximum absolute atomic E-state index is 12.5. The third-order valence-corrected chi connectivity index (χ3v) is 3.96. The van der Waals surface area contributed by atoms with Crippen LogP contribution < -0.4 is 5.32 Å². The predicted molar refractivity (Wildman–Crippen MR) is 94.3 cm³/mol. The Labute approximate surface area is 150 Å². The maximum atomic E-state index is 12.5. The van der Waals surface area contributed by atoms with Crippen LogP contribution in [0.5, 0.6) is 0 Å². The molecule has 126 valence electrons. The Morgan fingerprint density at radius 2 is 1.79 bits per heavy atom. The lowest BCUT2D eigenvalue weighted by Crippen LogP contribution is -2.38. The standard InChI is InChI=1S/C17H16Cl2N2O3/c1-24-16(22)11-21(10-12-5-3-2-4-6-12)17(23)20-13-7-8-14(18)15(19)9-13/h2-9H,10-11H2,1H3,(H,20,23). The molecule has 2 aromatic carbocycles. The van der Waals surface area contributed by atoms with Crippen LogP contribution in [-0.2, 0) is 16.1 Å². The van der Waals surface area contributed by atoms with Crippen molar-refractivity contribution in [2.75, 3.05) is 19.0 Å². The number of carbonyl (C=O) groups excluding carboxylic acids is 2. The van der Waals surface area contributed by atoms with Gasteiger partial charge in [0.05, 0.1) is 17.2 Å². The second kappa shape index (κ2) is 8.57. The molecule has 0 aliphatic heterocycles. The number of hydrogen-bond donors (Lipinski definition) is 1. The van der Waals surface area contributed by atoms with E-state index in [2.05, 4.69) is 10.1 Å². The van der Waals surface area contributed by atoms with Gasteiger partial charge >= 0.3 is 12.0 Å². The lowest BCUT2D eigenvalue weighted by molar-refractivity contribution is -0.141. The lowest BCUT2D eigenvalue weighted by Gasteiger charge is -2.22. The Balaban J connectivity index is 2.13. The first-order valence-corrected chi connectivity index (χ1v) is 7.87. The molecule has 0 aromatic heterocycles. The number of nitrogens with one attached hydrogen (secondary N) is 1. The first-order chi connectivity index (χ1) is 11.5. The number of urea groups is 1. The molecule has 5 nitrogen and oxygen atoms in total. The number of carbonyl (C=O) groups is 2. The number of ether oxygens (including phenoxy) is 1. The molecule has 0 saturated heterocycles. The molecular formula is C17H16Cl2N2O3. The molecule has 0 atom stereocenters. The molecule has 0 saturated carbocycles. The molecule has 0 heterocycles. The van der Waals surface area contributed by atoms with Gasteiger partial charge in [-0.3, -0.25) is 4.79 Å². The summed E-state index contributed by atoms with van der Waals surface area (Å²) in [6, 6.07) is 13.7. The average Bonchev–Trinajstić information content (AvgIpc) is 2.58. The van der Waals surface area contributed by atoms with Crippen molar-refractivity contribution < 1.29 is 14.3 Å². The number of benzene rings is 2. The van der Waals surface area contributed by atoms with Gasteiger partial charge in [-0.1, -0.05) is 53.5 Å². The van der Waals surface area contributed by atoms with Gasteiger partial charge in [0.1, 0.15) is 6.54 Å². The second-order valence-electron chi connectivity index (χ2n) is 4.98. The van der Waals surface area contributed by atoms with E-state index in [1.54, 1.807) is 18.2 Å². The van der Waals surface area contributed by atoms with Gasteiger partial charge < -0.3 is 15.0 Å². The smallest absolute Gasteiger partial charge is 0.325 e. The minimum absolute atomic E-state index is 0.168. The number of amides is 2. The minimum atomic E-state index is -0.504. The number of rotatable bonds is 5. The van der Waals surface area contributed by atoms with E-state index in [9.17, 15) is 9.59 Å². The van der Waals surface area contributed by atoms with E-state index < -0.39 is 12.0 Å². The van der Waals surface area contributed by atoms with Crippen LogP contribution in [0.2, 0.25) is 10.0 Å². The van der Waals surface area contributed by atoms with Gasteiger partial charge in [0.2, 0.25) is 0 Å². The molecule has 0 radical (unpaired) electrons. The van der Waals surface area contributed by atoms with Crippen LogP contribution in [0.3, 0.4) is 0 Å². The quantitative estimate of drug-likeness (QED) is 0.806. The third kappa shape index (κ3) is 5.15. The van der Waals surface area contributed by atoms with Gasteiger partial charge in [-0.15, -0.1) is 0 Å². The summed E-state index contributed by atoms with van der Waals surface area (Å²) in [5, 5.41) is 3.42. The van der Waals surface area contributed by atoms with Gasteiger partial charge in [-0.25, -0.2) is 4.79 Å². The van der Waals surface area contributed by atoms with Crippen LogP contribution in [0.4, 0.5) is 10.5 Å². The fourth-order valence-corrected chi connectivity index (χ4v) is 2.30. The SMILES string of the molecule is COC(=O)CN(Cc1ccccc1)C(=O)Nc1ccc(Cl)c(Cl)c1. The van der Waals surface area contributed by atoms with Gasteiger partial charge in [-0.05, 0) is 23.8 Å². The van der Waals surface area contributed by atoms with Crippen molar-refractivity contribution in [3.05, 3.63) is 64.1 Å². The van der Waals surface area contributed by atoms with Crippen molar-refractivity contribution in [2.45, 2.75) is 6.54 Å². The summed E-state index contributed by atoms with van der Waals surface area (Å²) < 4.78 is 4.65. The largest absolute Gasteiger partial charge is 0.468 e.